The lowest BCUT2D eigenvalue weighted by atomic mass is 9.68. The molecule has 128 valence electrons. The minimum absolute atomic E-state index is 0.117. The summed E-state index contributed by atoms with van der Waals surface area (Å²) < 4.78 is 0. The third-order valence-corrected chi connectivity index (χ3v) is 6.88. The van der Waals surface area contributed by atoms with E-state index in [-0.39, 0.29) is 10.8 Å². The first-order valence-corrected chi connectivity index (χ1v) is 9.09. The second-order valence-corrected chi connectivity index (χ2v) is 8.21. The van der Waals surface area contributed by atoms with E-state index in [0.717, 1.165) is 44.7 Å². The number of amides is 1. The molecule has 2 aliphatic carbocycles. The molecule has 4 heteroatoms. The number of fused-ring (bicyclic) bond motifs is 2. The molecule has 0 spiro atoms. The Morgan fingerprint density at radius 3 is 2.62 bits per heavy atom. The maximum Gasteiger partial charge on any atom is 0.233 e. The van der Waals surface area contributed by atoms with Crippen molar-refractivity contribution in [1.29, 1.82) is 0 Å². The Labute approximate surface area is 144 Å². The molecule has 2 heterocycles. The first-order valence-electron chi connectivity index (χ1n) is 9.09. The van der Waals surface area contributed by atoms with Crippen molar-refractivity contribution in [3.8, 4) is 0 Å². The van der Waals surface area contributed by atoms with E-state index in [1.165, 1.54) is 12.0 Å². The van der Waals surface area contributed by atoms with E-state index < -0.39 is 0 Å². The molecule has 3 aliphatic rings. The molecule has 0 aromatic carbocycles. The monoisotopic (exact) mass is 325 g/mol. The van der Waals surface area contributed by atoms with Gasteiger partial charge in [0.25, 0.3) is 0 Å². The number of carbonyl (C=O) groups is 1. The third-order valence-electron chi connectivity index (χ3n) is 6.88. The summed E-state index contributed by atoms with van der Waals surface area (Å²) in [5.41, 5.74) is 2.18. The second kappa shape index (κ2) is 5.33. The van der Waals surface area contributed by atoms with Gasteiger partial charge in [-0.2, -0.15) is 0 Å². The highest BCUT2D eigenvalue weighted by molar-refractivity contribution is 5.88. The number of hydrogen-bond acceptors (Lipinski definition) is 3. The Hall–Kier alpha value is -1.84. The van der Waals surface area contributed by atoms with E-state index in [1.54, 1.807) is 6.20 Å². The summed E-state index contributed by atoms with van der Waals surface area (Å²) in [7, 11) is 0. The van der Waals surface area contributed by atoms with Crippen molar-refractivity contribution in [1.82, 2.24) is 9.88 Å². The molecule has 1 aromatic rings. The van der Waals surface area contributed by atoms with Gasteiger partial charge < -0.3 is 9.80 Å². The van der Waals surface area contributed by atoms with Gasteiger partial charge in [-0.1, -0.05) is 26.0 Å². The lowest BCUT2D eigenvalue weighted by molar-refractivity contribution is -0.140. The number of pyridine rings is 1. The van der Waals surface area contributed by atoms with Crippen LogP contribution in [-0.4, -0.2) is 42.0 Å². The summed E-state index contributed by atoms with van der Waals surface area (Å²) >= 11 is 0. The second-order valence-electron chi connectivity index (χ2n) is 8.21. The fraction of sp³-hybridized carbons (Fsp3) is 0.600. The van der Waals surface area contributed by atoms with Gasteiger partial charge in [0.05, 0.1) is 17.3 Å². The summed E-state index contributed by atoms with van der Waals surface area (Å²) in [5.74, 6) is 0.969. The first-order chi connectivity index (χ1) is 11.4. The number of hydrogen-bond donors (Lipinski definition) is 0. The molecule has 4 rings (SSSR count). The van der Waals surface area contributed by atoms with Crippen LogP contribution in [0.2, 0.25) is 0 Å². The van der Waals surface area contributed by atoms with Crippen LogP contribution in [0.4, 0.5) is 5.69 Å². The zero-order valence-electron chi connectivity index (χ0n) is 14.8. The summed E-state index contributed by atoms with van der Waals surface area (Å²) in [6.07, 6.45) is 6.89. The number of piperazine rings is 1. The molecule has 1 aromatic heterocycles. The van der Waals surface area contributed by atoms with Gasteiger partial charge in [-0.05, 0) is 42.7 Å². The van der Waals surface area contributed by atoms with E-state index in [1.807, 2.05) is 12.3 Å². The van der Waals surface area contributed by atoms with Crippen LogP contribution in [0, 0.1) is 16.7 Å². The zero-order valence-corrected chi connectivity index (χ0v) is 14.8. The highest BCUT2D eigenvalue weighted by Gasteiger charge is 2.61. The molecule has 0 unspecified atom stereocenters. The predicted octanol–water partition coefficient (Wildman–Crippen LogP) is 3.11. The largest absolute Gasteiger partial charge is 0.367 e. The van der Waals surface area contributed by atoms with Gasteiger partial charge >= 0.3 is 0 Å². The Morgan fingerprint density at radius 2 is 2.04 bits per heavy atom. The number of nitrogens with zero attached hydrogens (tertiary/aromatic N) is 3. The predicted molar refractivity (Wildman–Crippen MR) is 95.7 cm³/mol. The maximum absolute atomic E-state index is 13.4. The Balaban J connectivity index is 1.47. The topological polar surface area (TPSA) is 36.4 Å². The van der Waals surface area contributed by atoms with Crippen molar-refractivity contribution in [2.45, 2.75) is 33.1 Å². The molecular weight excluding hydrogens is 298 g/mol. The summed E-state index contributed by atoms with van der Waals surface area (Å²) in [5, 5.41) is 0. The fourth-order valence-electron chi connectivity index (χ4n) is 5.13. The summed E-state index contributed by atoms with van der Waals surface area (Å²) in [6.45, 7) is 12.3. The molecule has 3 fully saturated rings. The van der Waals surface area contributed by atoms with Gasteiger partial charge in [0.2, 0.25) is 5.91 Å². The van der Waals surface area contributed by atoms with Crippen molar-refractivity contribution in [3.63, 3.8) is 0 Å². The van der Waals surface area contributed by atoms with Crippen molar-refractivity contribution < 1.29 is 4.79 Å². The van der Waals surface area contributed by atoms with E-state index >= 15 is 0 Å². The van der Waals surface area contributed by atoms with E-state index in [9.17, 15) is 4.79 Å². The SMILES string of the molecule is C=C1C(C)(C)[C@H]2CC[C@@]1(C(=O)N1CCN(c3cccnc3)CC1)C2. The molecule has 1 aliphatic heterocycles. The molecule has 2 saturated carbocycles. The Morgan fingerprint density at radius 1 is 1.29 bits per heavy atom. The lowest BCUT2D eigenvalue weighted by Crippen LogP contribution is -2.53. The van der Waals surface area contributed by atoms with Crippen LogP contribution >= 0.6 is 0 Å². The minimum Gasteiger partial charge on any atom is -0.367 e. The van der Waals surface area contributed by atoms with Gasteiger partial charge in [-0.25, -0.2) is 0 Å². The van der Waals surface area contributed by atoms with E-state index in [4.69, 9.17) is 0 Å². The van der Waals surface area contributed by atoms with Crippen LogP contribution in [0.5, 0.6) is 0 Å². The average Bonchev–Trinajstić information content (AvgIpc) is 3.14. The zero-order chi connectivity index (χ0) is 16.9. The normalized spacial score (nSPS) is 31.6. The van der Waals surface area contributed by atoms with Crippen molar-refractivity contribution in [2.24, 2.45) is 16.7 Å². The smallest absolute Gasteiger partial charge is 0.233 e. The molecule has 0 radical (unpaired) electrons. The lowest BCUT2D eigenvalue weighted by Gasteiger charge is -2.42. The molecular formula is C20H27N3O. The molecule has 24 heavy (non-hydrogen) atoms. The average molecular weight is 325 g/mol. The van der Waals surface area contributed by atoms with Crippen LogP contribution in [-0.2, 0) is 4.79 Å². The summed E-state index contributed by atoms with van der Waals surface area (Å²) in [6, 6.07) is 4.06. The first kappa shape index (κ1) is 15.7. The number of carbonyl (C=O) groups excluding carboxylic acids is 1. The molecule has 2 atom stereocenters. The Kier molecular flexibility index (Phi) is 3.48. The van der Waals surface area contributed by atoms with Crippen LogP contribution in [0.1, 0.15) is 33.1 Å². The molecule has 2 bridgehead atoms. The van der Waals surface area contributed by atoms with Crippen LogP contribution in [0.3, 0.4) is 0 Å². The van der Waals surface area contributed by atoms with E-state index in [2.05, 4.69) is 41.3 Å². The van der Waals surface area contributed by atoms with Crippen LogP contribution < -0.4 is 4.90 Å². The van der Waals surface area contributed by atoms with Crippen LogP contribution in [0.25, 0.3) is 0 Å². The van der Waals surface area contributed by atoms with Crippen molar-refractivity contribution >= 4 is 11.6 Å². The summed E-state index contributed by atoms with van der Waals surface area (Å²) in [4.78, 5) is 22.0. The maximum atomic E-state index is 13.4. The minimum atomic E-state index is -0.273. The number of aromatic nitrogens is 1. The van der Waals surface area contributed by atoms with Crippen LogP contribution in [0.15, 0.2) is 36.7 Å². The number of anilines is 1. The van der Waals surface area contributed by atoms with Gasteiger partial charge in [0, 0.05) is 32.4 Å². The highest BCUT2D eigenvalue weighted by Crippen LogP contribution is 2.65. The molecule has 1 amide bonds. The highest BCUT2D eigenvalue weighted by atomic mass is 16.2. The fourth-order valence-corrected chi connectivity index (χ4v) is 5.13. The van der Waals surface area contributed by atoms with Gasteiger partial charge in [0.1, 0.15) is 0 Å². The molecule has 1 saturated heterocycles. The standard InChI is InChI=1S/C20H27N3O/c1-15-19(2,3)16-6-7-20(15,13-16)18(24)23-11-9-22(10-12-23)17-5-4-8-21-14-17/h4-5,8,14,16H,1,6-7,9-13H2,2-3H3/t16-,20+/m0/s1. The molecule has 4 nitrogen and oxygen atoms in total. The Bertz CT molecular complexity index is 661. The van der Waals surface area contributed by atoms with Crippen molar-refractivity contribution in [3.05, 3.63) is 36.7 Å². The molecule has 0 N–H and O–H groups in total. The van der Waals surface area contributed by atoms with Gasteiger partial charge in [0.15, 0.2) is 0 Å². The third kappa shape index (κ3) is 2.11. The van der Waals surface area contributed by atoms with Gasteiger partial charge in [-0.3, -0.25) is 9.78 Å². The quantitative estimate of drug-likeness (QED) is 0.784. The van der Waals surface area contributed by atoms with Crippen molar-refractivity contribution in [2.75, 3.05) is 31.1 Å². The van der Waals surface area contributed by atoms with E-state index in [0.29, 0.717) is 11.8 Å². The number of rotatable bonds is 2. The van der Waals surface area contributed by atoms with Gasteiger partial charge in [-0.15, -0.1) is 0 Å².